The Morgan fingerprint density at radius 2 is 2.10 bits per heavy atom. The van der Waals surface area contributed by atoms with Crippen molar-refractivity contribution in [3.05, 3.63) is 42.2 Å². The summed E-state index contributed by atoms with van der Waals surface area (Å²) in [5.74, 6) is 1.52. The summed E-state index contributed by atoms with van der Waals surface area (Å²) in [6.07, 6.45) is 11.2. The summed E-state index contributed by atoms with van der Waals surface area (Å²) in [5, 5.41) is 11.4. The molecule has 5 rings (SSSR count). The van der Waals surface area contributed by atoms with Crippen LogP contribution < -0.4 is 10.6 Å². The molecule has 1 atom stereocenters. The Morgan fingerprint density at radius 3 is 2.82 bits per heavy atom. The van der Waals surface area contributed by atoms with Crippen molar-refractivity contribution < 1.29 is 4.79 Å². The van der Waals surface area contributed by atoms with Gasteiger partial charge < -0.3 is 15.5 Å². The third-order valence-electron chi connectivity index (χ3n) is 6.58. The van der Waals surface area contributed by atoms with E-state index < -0.39 is 0 Å². The van der Waals surface area contributed by atoms with Gasteiger partial charge in [0, 0.05) is 50.7 Å². The van der Waals surface area contributed by atoms with Gasteiger partial charge in [-0.05, 0) is 70.8 Å². The number of aromatic nitrogens is 6. The molecule has 0 aliphatic carbocycles. The number of nitrogens with one attached hydrogen (secondary N) is 2. The van der Waals surface area contributed by atoms with Gasteiger partial charge in [-0.25, -0.2) is 9.97 Å². The first kappa shape index (κ1) is 28.7. The molecule has 2 N–H and O–H groups in total. The van der Waals surface area contributed by atoms with Crippen molar-refractivity contribution in [1.29, 1.82) is 0 Å². The van der Waals surface area contributed by atoms with E-state index in [4.69, 9.17) is 4.98 Å². The van der Waals surface area contributed by atoms with Gasteiger partial charge in [-0.3, -0.25) is 18.8 Å². The van der Waals surface area contributed by atoms with Crippen LogP contribution in [0.4, 0.5) is 10.8 Å². The van der Waals surface area contributed by atoms with Crippen LogP contribution in [0.3, 0.4) is 0 Å². The normalized spacial score (nSPS) is 15.8. The Bertz CT molecular complexity index is 1340. The fourth-order valence-electron chi connectivity index (χ4n) is 4.64. The van der Waals surface area contributed by atoms with E-state index in [1.807, 2.05) is 55.4 Å². The van der Waals surface area contributed by atoms with Gasteiger partial charge in [-0.1, -0.05) is 6.92 Å². The van der Waals surface area contributed by atoms with Crippen molar-refractivity contribution >= 4 is 34.4 Å². The zero-order chi connectivity index (χ0) is 27.8. The molecule has 0 aromatic carbocycles. The molecule has 0 spiro atoms. The lowest BCUT2D eigenvalue weighted by Gasteiger charge is -2.30. The number of imidazole rings is 1. The van der Waals surface area contributed by atoms with Gasteiger partial charge in [-0.15, -0.1) is 0 Å². The van der Waals surface area contributed by atoms with Gasteiger partial charge in [0.2, 0.25) is 6.41 Å². The number of nitrogens with zero attached hydrogens (tertiary/aromatic N) is 8. The van der Waals surface area contributed by atoms with Crippen LogP contribution in [0.15, 0.2) is 30.9 Å². The maximum atomic E-state index is 9.66. The lowest BCUT2D eigenvalue weighted by molar-refractivity contribution is -0.109. The summed E-state index contributed by atoms with van der Waals surface area (Å²) in [5.41, 5.74) is 4.88. The molecule has 1 unspecified atom stereocenters. The molecule has 1 aliphatic rings. The first-order valence-corrected chi connectivity index (χ1v) is 14.3. The zero-order valence-corrected chi connectivity index (χ0v) is 24.4. The minimum absolute atomic E-state index is 0.712. The SMILES string of the molecule is CCn1cc(-c2cnc3c(Nc4cc(CN5CCCC(C)C5)ns4)nc(C)cn23)cn1.CN(C)CCNC=O. The topological polar surface area (TPSA) is 109 Å². The first-order chi connectivity index (χ1) is 18.9. The van der Waals surface area contributed by atoms with Gasteiger partial charge in [-0.2, -0.15) is 9.47 Å². The van der Waals surface area contributed by atoms with E-state index in [0.717, 1.165) is 84.3 Å². The molecule has 210 valence electrons. The van der Waals surface area contributed by atoms with E-state index in [9.17, 15) is 4.79 Å². The number of hydrogen-bond acceptors (Lipinski definition) is 9. The van der Waals surface area contributed by atoms with Crippen LogP contribution in [0.1, 0.15) is 38.1 Å². The van der Waals surface area contributed by atoms with Crippen molar-refractivity contribution in [2.45, 2.75) is 46.7 Å². The Labute approximate surface area is 234 Å². The minimum Gasteiger partial charge on any atom is -0.357 e. The number of carbonyl (C=O) groups excluding carboxylic acids is 1. The number of anilines is 2. The van der Waals surface area contributed by atoms with E-state index in [1.54, 1.807) is 0 Å². The van der Waals surface area contributed by atoms with Crippen molar-refractivity contribution in [3.63, 3.8) is 0 Å². The standard InChI is InChI=1S/C22H28N8S.C5H12N2O/c1-4-29-13-17(9-24-29)19-10-23-22-21(25-16(3)12-30(19)22)26-20-8-18(27-31-20)14-28-7-5-6-15(2)11-28;1-7(2)4-3-6-5-8/h8-10,12-13,15H,4-7,11,14H2,1-3H3,(H,25,26);5H,3-4H2,1-2H3,(H,6,8). The predicted octanol–water partition coefficient (Wildman–Crippen LogP) is 3.65. The number of fused-ring (bicyclic) bond motifs is 1. The van der Waals surface area contributed by atoms with E-state index in [-0.39, 0.29) is 0 Å². The third kappa shape index (κ3) is 7.84. The molecular formula is C27H40N10OS. The number of likely N-dealkylation sites (tertiary alicyclic amines) is 1. The molecule has 0 saturated carbocycles. The van der Waals surface area contributed by atoms with Gasteiger partial charge >= 0.3 is 0 Å². The van der Waals surface area contributed by atoms with Gasteiger partial charge in [0.15, 0.2) is 11.5 Å². The Morgan fingerprint density at radius 1 is 1.26 bits per heavy atom. The van der Waals surface area contributed by atoms with Crippen LogP contribution in [-0.4, -0.2) is 85.0 Å². The summed E-state index contributed by atoms with van der Waals surface area (Å²) < 4.78 is 8.67. The van der Waals surface area contributed by atoms with Crippen LogP contribution in [-0.2, 0) is 17.9 Å². The molecule has 0 radical (unpaired) electrons. The van der Waals surface area contributed by atoms with Crippen molar-refractivity contribution in [2.24, 2.45) is 5.92 Å². The van der Waals surface area contributed by atoms with Crippen LogP contribution in [0.25, 0.3) is 16.9 Å². The highest BCUT2D eigenvalue weighted by atomic mass is 32.1. The molecule has 4 aromatic heterocycles. The molecular weight excluding hydrogens is 512 g/mol. The Kier molecular flexibility index (Phi) is 10.0. The van der Waals surface area contributed by atoms with Crippen molar-refractivity contribution in [3.8, 4) is 11.3 Å². The summed E-state index contributed by atoms with van der Waals surface area (Å²) >= 11 is 1.48. The molecule has 5 heterocycles. The fourth-order valence-corrected chi connectivity index (χ4v) is 5.30. The molecule has 0 bridgehead atoms. The summed E-state index contributed by atoms with van der Waals surface area (Å²) in [6, 6.07) is 2.14. The van der Waals surface area contributed by atoms with Crippen molar-refractivity contribution in [1.82, 2.24) is 43.6 Å². The van der Waals surface area contributed by atoms with E-state index >= 15 is 0 Å². The highest BCUT2D eigenvalue weighted by Crippen LogP contribution is 2.28. The molecule has 39 heavy (non-hydrogen) atoms. The molecule has 1 amide bonds. The largest absolute Gasteiger partial charge is 0.357 e. The molecule has 1 fully saturated rings. The van der Waals surface area contributed by atoms with Crippen LogP contribution >= 0.6 is 11.5 Å². The highest BCUT2D eigenvalue weighted by molar-refractivity contribution is 7.10. The number of aryl methyl sites for hydroxylation is 2. The first-order valence-electron chi connectivity index (χ1n) is 13.5. The van der Waals surface area contributed by atoms with Gasteiger partial charge in [0.05, 0.1) is 29.5 Å². The zero-order valence-electron chi connectivity index (χ0n) is 23.6. The number of carbonyl (C=O) groups is 1. The summed E-state index contributed by atoms with van der Waals surface area (Å²) in [6.45, 7) is 12.1. The van der Waals surface area contributed by atoms with Crippen molar-refractivity contribution in [2.75, 3.05) is 45.6 Å². The quantitative estimate of drug-likeness (QED) is 0.227. The van der Waals surface area contributed by atoms with E-state index in [1.165, 1.54) is 24.4 Å². The lowest BCUT2D eigenvalue weighted by Crippen LogP contribution is -2.33. The molecule has 1 aliphatic heterocycles. The number of hydrogen-bond donors (Lipinski definition) is 2. The van der Waals surface area contributed by atoms with Crippen LogP contribution in [0.2, 0.25) is 0 Å². The molecule has 1 saturated heterocycles. The monoisotopic (exact) mass is 552 g/mol. The fraction of sp³-hybridized carbons (Fsp3) is 0.519. The second-order valence-electron chi connectivity index (χ2n) is 10.3. The molecule has 4 aromatic rings. The summed E-state index contributed by atoms with van der Waals surface area (Å²) in [7, 11) is 3.93. The van der Waals surface area contributed by atoms with E-state index in [0.29, 0.717) is 6.41 Å². The third-order valence-corrected chi connectivity index (χ3v) is 7.32. The molecule has 11 nitrogen and oxygen atoms in total. The smallest absolute Gasteiger partial charge is 0.207 e. The minimum atomic E-state index is 0.712. The predicted molar refractivity (Wildman–Crippen MR) is 156 cm³/mol. The Balaban J connectivity index is 0.000000386. The van der Waals surface area contributed by atoms with E-state index in [2.05, 4.69) is 54.3 Å². The Hall–Kier alpha value is -3.35. The lowest BCUT2D eigenvalue weighted by atomic mass is 10.0. The van der Waals surface area contributed by atoms with Crippen LogP contribution in [0, 0.1) is 12.8 Å². The highest BCUT2D eigenvalue weighted by Gasteiger charge is 2.18. The number of piperidine rings is 1. The second-order valence-corrected chi connectivity index (χ2v) is 11.1. The summed E-state index contributed by atoms with van der Waals surface area (Å²) in [4.78, 5) is 23.5. The molecule has 12 heteroatoms. The number of rotatable bonds is 10. The number of amides is 1. The average molecular weight is 553 g/mol. The van der Waals surface area contributed by atoms with Gasteiger partial charge in [0.25, 0.3) is 0 Å². The van der Waals surface area contributed by atoms with Gasteiger partial charge in [0.1, 0.15) is 5.00 Å². The maximum Gasteiger partial charge on any atom is 0.207 e. The second kappa shape index (κ2) is 13.6. The van der Waals surface area contributed by atoms with Crippen LogP contribution in [0.5, 0.6) is 0 Å². The maximum absolute atomic E-state index is 9.66. The number of likely N-dealkylation sites (N-methyl/N-ethyl adjacent to an activating group) is 1. The average Bonchev–Trinajstić information content (AvgIpc) is 3.64.